The van der Waals surface area contributed by atoms with Crippen molar-refractivity contribution in [3.05, 3.63) is 83.9 Å². The first-order chi connectivity index (χ1) is 16.3. The van der Waals surface area contributed by atoms with Crippen LogP contribution in [0, 0.1) is 11.3 Å². The Hall–Kier alpha value is -3.44. The van der Waals surface area contributed by atoms with E-state index in [2.05, 4.69) is 0 Å². The number of hydrogen-bond donors (Lipinski definition) is 1. The SMILES string of the molecule is N#Cc1ccc(N2C(=O)C3(CCC3)N(c3ccc(-c4ccccc4)cc3)C2S)cc1C(F)(F)F. The maximum Gasteiger partial charge on any atom is 0.417 e. The zero-order valence-corrected chi connectivity index (χ0v) is 18.9. The van der Waals surface area contributed by atoms with E-state index in [0.29, 0.717) is 12.8 Å². The highest BCUT2D eigenvalue weighted by Gasteiger charge is 2.60. The summed E-state index contributed by atoms with van der Waals surface area (Å²) < 4.78 is 40.7. The van der Waals surface area contributed by atoms with Crippen LogP contribution in [0.25, 0.3) is 11.1 Å². The van der Waals surface area contributed by atoms with Crippen molar-refractivity contribution in [2.45, 2.75) is 36.5 Å². The van der Waals surface area contributed by atoms with Crippen LogP contribution in [0.5, 0.6) is 0 Å². The molecule has 34 heavy (non-hydrogen) atoms. The maximum atomic E-state index is 13.6. The number of halogens is 3. The first-order valence-corrected chi connectivity index (χ1v) is 11.4. The summed E-state index contributed by atoms with van der Waals surface area (Å²) in [5.41, 5.74) is -0.236. The molecule has 1 saturated carbocycles. The minimum absolute atomic E-state index is 0.0750. The lowest BCUT2D eigenvalue weighted by molar-refractivity contribution is -0.137. The van der Waals surface area contributed by atoms with Gasteiger partial charge in [-0.15, -0.1) is 12.6 Å². The number of amides is 1. The van der Waals surface area contributed by atoms with E-state index in [-0.39, 0.29) is 11.6 Å². The number of anilines is 2. The number of benzene rings is 3. The molecule has 0 radical (unpaired) electrons. The molecule has 5 rings (SSSR count). The predicted octanol–water partition coefficient (Wildman–Crippen LogP) is 6.23. The summed E-state index contributed by atoms with van der Waals surface area (Å²) in [5.74, 6) is -0.274. The minimum atomic E-state index is -4.71. The molecule has 3 aromatic rings. The molecule has 2 aliphatic rings. The van der Waals surface area contributed by atoms with Gasteiger partial charge in [-0.2, -0.15) is 18.4 Å². The van der Waals surface area contributed by atoms with Gasteiger partial charge in [0.25, 0.3) is 5.91 Å². The minimum Gasteiger partial charge on any atom is -0.328 e. The topological polar surface area (TPSA) is 47.3 Å². The van der Waals surface area contributed by atoms with Gasteiger partial charge in [0.05, 0.1) is 17.2 Å². The molecule has 172 valence electrons. The first kappa shape index (κ1) is 22.4. The molecule has 1 amide bonds. The van der Waals surface area contributed by atoms with Gasteiger partial charge in [-0.3, -0.25) is 9.69 Å². The molecule has 3 aromatic carbocycles. The smallest absolute Gasteiger partial charge is 0.328 e. The van der Waals surface area contributed by atoms with Crippen LogP contribution < -0.4 is 9.80 Å². The Balaban J connectivity index is 1.54. The van der Waals surface area contributed by atoms with Crippen LogP contribution in [0.2, 0.25) is 0 Å². The standard InChI is InChI=1S/C26H20F3N3OS/c27-26(28,29)22-15-21(12-9-19(22)16-30)31-23(33)25(13-4-14-25)32(24(31)34)20-10-7-18(8-11-20)17-5-2-1-3-6-17/h1-3,5-12,15,24,34H,4,13-14H2. The van der Waals surface area contributed by atoms with Gasteiger partial charge in [0.15, 0.2) is 5.50 Å². The van der Waals surface area contributed by atoms with Crippen molar-refractivity contribution in [1.82, 2.24) is 0 Å². The van der Waals surface area contributed by atoms with Crippen molar-refractivity contribution in [1.29, 1.82) is 5.26 Å². The Morgan fingerprint density at radius 1 is 0.941 bits per heavy atom. The van der Waals surface area contributed by atoms with Crippen LogP contribution in [-0.4, -0.2) is 16.9 Å². The lowest BCUT2D eigenvalue weighted by Crippen LogP contribution is -2.55. The van der Waals surface area contributed by atoms with Crippen molar-refractivity contribution in [2.24, 2.45) is 0 Å². The molecule has 0 bridgehead atoms. The molecule has 1 atom stereocenters. The van der Waals surface area contributed by atoms with E-state index in [0.717, 1.165) is 35.4 Å². The molecule has 1 saturated heterocycles. The number of nitriles is 1. The van der Waals surface area contributed by atoms with Gasteiger partial charge in [0, 0.05) is 11.4 Å². The third-order valence-electron chi connectivity index (χ3n) is 6.68. The second-order valence-corrected chi connectivity index (χ2v) is 8.99. The fraction of sp³-hybridized carbons (Fsp3) is 0.231. The summed E-state index contributed by atoms with van der Waals surface area (Å²) in [5, 5.41) is 9.11. The third kappa shape index (κ3) is 3.43. The van der Waals surface area contributed by atoms with E-state index >= 15 is 0 Å². The largest absolute Gasteiger partial charge is 0.417 e. The highest BCUT2D eigenvalue weighted by Crippen LogP contribution is 2.50. The predicted molar refractivity (Wildman–Crippen MR) is 127 cm³/mol. The Morgan fingerprint density at radius 3 is 2.12 bits per heavy atom. The quantitative estimate of drug-likeness (QED) is 0.453. The van der Waals surface area contributed by atoms with Gasteiger partial charge in [0.1, 0.15) is 5.54 Å². The van der Waals surface area contributed by atoms with E-state index < -0.39 is 28.3 Å². The second kappa shape index (κ2) is 8.10. The van der Waals surface area contributed by atoms with Gasteiger partial charge < -0.3 is 4.90 Å². The molecule has 2 fully saturated rings. The van der Waals surface area contributed by atoms with Gasteiger partial charge in [-0.05, 0) is 60.7 Å². The number of hydrogen-bond acceptors (Lipinski definition) is 4. The van der Waals surface area contributed by atoms with E-state index in [4.69, 9.17) is 17.9 Å². The van der Waals surface area contributed by atoms with E-state index in [1.54, 1.807) is 6.07 Å². The van der Waals surface area contributed by atoms with Crippen LogP contribution in [0.1, 0.15) is 30.4 Å². The maximum absolute atomic E-state index is 13.6. The van der Waals surface area contributed by atoms with E-state index in [1.165, 1.54) is 11.0 Å². The summed E-state index contributed by atoms with van der Waals surface area (Å²) in [6.07, 6.45) is -2.67. The zero-order valence-electron chi connectivity index (χ0n) is 18.0. The molecular formula is C26H20F3N3OS. The number of carbonyl (C=O) groups excluding carboxylic acids is 1. The monoisotopic (exact) mass is 479 g/mol. The average Bonchev–Trinajstić information content (AvgIpc) is 3.05. The molecule has 0 aromatic heterocycles. The van der Waals surface area contributed by atoms with Crippen LogP contribution in [-0.2, 0) is 11.0 Å². The van der Waals surface area contributed by atoms with Gasteiger partial charge in [-0.25, -0.2) is 0 Å². The summed E-state index contributed by atoms with van der Waals surface area (Å²) >= 11 is 4.70. The lowest BCUT2D eigenvalue weighted by atomic mass is 9.75. The molecule has 1 spiro atoms. The van der Waals surface area contributed by atoms with Gasteiger partial charge >= 0.3 is 6.18 Å². The molecule has 1 unspecified atom stereocenters. The highest BCUT2D eigenvalue weighted by atomic mass is 32.1. The van der Waals surface area contributed by atoms with Crippen LogP contribution in [0.3, 0.4) is 0 Å². The molecule has 0 N–H and O–H groups in total. The van der Waals surface area contributed by atoms with Crippen LogP contribution in [0.4, 0.5) is 24.5 Å². The fourth-order valence-electron chi connectivity index (χ4n) is 4.83. The molecule has 1 heterocycles. The first-order valence-electron chi connectivity index (χ1n) is 10.8. The Kier molecular flexibility index (Phi) is 5.33. The third-order valence-corrected chi connectivity index (χ3v) is 7.14. The Labute approximate surface area is 200 Å². The summed E-state index contributed by atoms with van der Waals surface area (Å²) in [6, 6.07) is 22.6. The second-order valence-electron chi connectivity index (χ2n) is 8.53. The normalized spacial score (nSPS) is 19.3. The van der Waals surface area contributed by atoms with Crippen molar-refractivity contribution >= 4 is 29.9 Å². The summed E-state index contributed by atoms with van der Waals surface area (Å²) in [6.45, 7) is 0. The van der Waals surface area contributed by atoms with E-state index in [9.17, 15) is 18.0 Å². The van der Waals surface area contributed by atoms with Crippen molar-refractivity contribution < 1.29 is 18.0 Å². The molecule has 8 heteroatoms. The van der Waals surface area contributed by atoms with Crippen LogP contribution in [0.15, 0.2) is 72.8 Å². The van der Waals surface area contributed by atoms with E-state index in [1.807, 2.05) is 59.5 Å². The van der Waals surface area contributed by atoms with Gasteiger partial charge in [-0.1, -0.05) is 42.5 Å². The Bertz CT molecular complexity index is 1280. The Morgan fingerprint density at radius 2 is 1.56 bits per heavy atom. The van der Waals surface area contributed by atoms with Crippen LogP contribution >= 0.6 is 12.6 Å². The molecular weight excluding hydrogens is 459 g/mol. The lowest BCUT2D eigenvalue weighted by Gasteiger charge is -2.44. The number of alkyl halides is 3. The van der Waals surface area contributed by atoms with Crippen molar-refractivity contribution in [3.63, 3.8) is 0 Å². The number of thiol groups is 1. The summed E-state index contributed by atoms with van der Waals surface area (Å²) in [4.78, 5) is 16.8. The molecule has 4 nitrogen and oxygen atoms in total. The summed E-state index contributed by atoms with van der Waals surface area (Å²) in [7, 11) is 0. The van der Waals surface area contributed by atoms with Gasteiger partial charge in [0.2, 0.25) is 0 Å². The molecule has 1 aliphatic carbocycles. The average molecular weight is 480 g/mol. The molecule has 1 aliphatic heterocycles. The number of rotatable bonds is 3. The number of carbonyl (C=O) groups is 1. The zero-order chi connectivity index (χ0) is 24.1. The van der Waals surface area contributed by atoms with Crippen molar-refractivity contribution in [3.8, 4) is 17.2 Å². The fourth-order valence-corrected chi connectivity index (χ4v) is 5.42. The number of nitrogens with zero attached hydrogens (tertiary/aromatic N) is 3. The highest BCUT2D eigenvalue weighted by molar-refractivity contribution is 7.81. The van der Waals surface area contributed by atoms with Crippen molar-refractivity contribution in [2.75, 3.05) is 9.80 Å².